The Labute approximate surface area is 143 Å². The monoisotopic (exact) mass is 330 g/mol. The van der Waals surface area contributed by atoms with E-state index in [1.165, 1.54) is 0 Å². The van der Waals surface area contributed by atoms with E-state index in [0.717, 1.165) is 18.9 Å². The Kier molecular flexibility index (Phi) is 4.47. The highest BCUT2D eigenvalue weighted by Crippen LogP contribution is 2.40. The summed E-state index contributed by atoms with van der Waals surface area (Å²) >= 11 is 0. The number of pyridine rings is 1. The predicted molar refractivity (Wildman–Crippen MR) is 92.5 cm³/mol. The fraction of sp³-hybridized carbons (Fsp3) is 0.611. The summed E-state index contributed by atoms with van der Waals surface area (Å²) < 4.78 is 0. The molecule has 1 N–H and O–H groups in total. The molecular formula is C18H26N4O2. The molecule has 2 heterocycles. The minimum absolute atomic E-state index is 0.00738. The lowest BCUT2D eigenvalue weighted by Crippen LogP contribution is -2.50. The number of piperazine rings is 1. The maximum absolute atomic E-state index is 12.6. The van der Waals surface area contributed by atoms with E-state index in [1.54, 1.807) is 6.20 Å². The van der Waals surface area contributed by atoms with Gasteiger partial charge in [-0.05, 0) is 39.3 Å². The van der Waals surface area contributed by atoms with E-state index in [1.807, 2.05) is 43.9 Å². The first-order valence-corrected chi connectivity index (χ1v) is 8.62. The summed E-state index contributed by atoms with van der Waals surface area (Å²) in [7, 11) is 0. The fourth-order valence-electron chi connectivity index (χ4n) is 3.15. The molecule has 2 amide bonds. The summed E-state index contributed by atoms with van der Waals surface area (Å²) in [5, 5.41) is 2.97. The third-order valence-corrected chi connectivity index (χ3v) is 4.51. The molecule has 2 atom stereocenters. The molecule has 24 heavy (non-hydrogen) atoms. The zero-order valence-electron chi connectivity index (χ0n) is 14.7. The number of amides is 2. The fourth-order valence-corrected chi connectivity index (χ4v) is 3.15. The van der Waals surface area contributed by atoms with Gasteiger partial charge in [-0.25, -0.2) is 4.98 Å². The average Bonchev–Trinajstić information content (AvgIpc) is 3.34. The molecule has 0 aromatic carbocycles. The van der Waals surface area contributed by atoms with Gasteiger partial charge in [0.05, 0.1) is 11.8 Å². The molecule has 0 radical (unpaired) electrons. The van der Waals surface area contributed by atoms with Crippen LogP contribution in [0.1, 0.15) is 27.2 Å². The van der Waals surface area contributed by atoms with E-state index in [2.05, 4.69) is 15.2 Å². The summed E-state index contributed by atoms with van der Waals surface area (Å²) in [6, 6.07) is 5.87. The molecule has 0 bridgehead atoms. The number of carbonyl (C=O) groups is 2. The van der Waals surface area contributed by atoms with Gasteiger partial charge in [0.15, 0.2) is 0 Å². The molecule has 1 saturated carbocycles. The highest BCUT2D eigenvalue weighted by atomic mass is 16.2. The van der Waals surface area contributed by atoms with E-state index in [0.29, 0.717) is 19.5 Å². The van der Waals surface area contributed by atoms with Gasteiger partial charge in [-0.3, -0.25) is 9.59 Å². The Hall–Kier alpha value is -2.11. The Morgan fingerprint density at radius 1 is 1.12 bits per heavy atom. The van der Waals surface area contributed by atoms with Crippen molar-refractivity contribution in [3.8, 4) is 0 Å². The molecular weight excluding hydrogens is 304 g/mol. The minimum Gasteiger partial charge on any atom is -0.353 e. The number of anilines is 1. The van der Waals surface area contributed by atoms with Crippen LogP contribution in [0.3, 0.4) is 0 Å². The molecule has 2 aliphatic rings. The van der Waals surface area contributed by atoms with Gasteiger partial charge in [0, 0.05) is 37.9 Å². The number of carbonyl (C=O) groups excluding carboxylic acids is 2. The second-order valence-electron chi connectivity index (χ2n) is 7.69. The van der Waals surface area contributed by atoms with Crippen LogP contribution < -0.4 is 10.2 Å². The Bertz CT molecular complexity index is 603. The lowest BCUT2D eigenvalue weighted by molar-refractivity contribution is -0.135. The summed E-state index contributed by atoms with van der Waals surface area (Å²) in [5.74, 6) is 0.815. The number of aromatic nitrogens is 1. The van der Waals surface area contributed by atoms with Gasteiger partial charge in [-0.1, -0.05) is 6.07 Å². The molecule has 1 aliphatic heterocycles. The van der Waals surface area contributed by atoms with Crippen molar-refractivity contribution in [2.45, 2.75) is 32.7 Å². The standard InChI is InChI=1S/C18H26N4O2/c1-18(2,3)20-16(23)13-12-14(13)17(24)22-10-8-21(9-11-22)15-6-4-5-7-19-15/h4-7,13-14H,8-12H2,1-3H3,(H,20,23). The first-order chi connectivity index (χ1) is 11.3. The van der Waals surface area contributed by atoms with Crippen LogP contribution in [-0.2, 0) is 9.59 Å². The van der Waals surface area contributed by atoms with Crippen molar-refractivity contribution >= 4 is 17.6 Å². The first-order valence-electron chi connectivity index (χ1n) is 8.62. The van der Waals surface area contributed by atoms with Crippen LogP contribution in [0.5, 0.6) is 0 Å². The quantitative estimate of drug-likeness (QED) is 0.907. The van der Waals surface area contributed by atoms with Crippen molar-refractivity contribution < 1.29 is 9.59 Å². The van der Waals surface area contributed by atoms with E-state index in [4.69, 9.17) is 0 Å². The molecule has 3 rings (SSSR count). The Morgan fingerprint density at radius 2 is 1.83 bits per heavy atom. The minimum atomic E-state index is -0.248. The molecule has 6 heteroatoms. The summed E-state index contributed by atoms with van der Waals surface area (Å²) in [6.07, 6.45) is 2.47. The van der Waals surface area contributed by atoms with Gasteiger partial charge in [0.1, 0.15) is 5.82 Å². The molecule has 2 unspecified atom stereocenters. The third kappa shape index (κ3) is 3.86. The zero-order chi connectivity index (χ0) is 17.3. The highest BCUT2D eigenvalue weighted by Gasteiger charge is 2.50. The van der Waals surface area contributed by atoms with Gasteiger partial charge in [-0.15, -0.1) is 0 Å². The number of nitrogens with one attached hydrogen (secondary N) is 1. The molecule has 1 saturated heterocycles. The molecule has 6 nitrogen and oxygen atoms in total. The van der Waals surface area contributed by atoms with Crippen molar-refractivity contribution in [3.05, 3.63) is 24.4 Å². The van der Waals surface area contributed by atoms with Gasteiger partial charge in [0.25, 0.3) is 0 Å². The normalized spacial score (nSPS) is 23.8. The van der Waals surface area contributed by atoms with Crippen LogP contribution in [-0.4, -0.2) is 53.4 Å². The zero-order valence-corrected chi connectivity index (χ0v) is 14.7. The molecule has 130 valence electrons. The van der Waals surface area contributed by atoms with E-state index < -0.39 is 0 Å². The van der Waals surface area contributed by atoms with Crippen molar-refractivity contribution in [2.24, 2.45) is 11.8 Å². The Balaban J connectivity index is 1.49. The van der Waals surface area contributed by atoms with Crippen molar-refractivity contribution in [3.63, 3.8) is 0 Å². The smallest absolute Gasteiger partial charge is 0.226 e. The molecule has 1 aromatic heterocycles. The van der Waals surface area contributed by atoms with Crippen LogP contribution in [0.15, 0.2) is 24.4 Å². The van der Waals surface area contributed by atoms with Gasteiger partial charge in [0.2, 0.25) is 11.8 Å². The topological polar surface area (TPSA) is 65.5 Å². The predicted octanol–water partition coefficient (Wildman–Crippen LogP) is 1.28. The summed E-state index contributed by atoms with van der Waals surface area (Å²) in [5.41, 5.74) is -0.248. The summed E-state index contributed by atoms with van der Waals surface area (Å²) in [4.78, 5) is 33.2. The van der Waals surface area contributed by atoms with Crippen molar-refractivity contribution in [1.82, 2.24) is 15.2 Å². The molecule has 1 aliphatic carbocycles. The lowest BCUT2D eigenvalue weighted by atomic mass is 10.1. The third-order valence-electron chi connectivity index (χ3n) is 4.51. The van der Waals surface area contributed by atoms with Crippen molar-refractivity contribution in [2.75, 3.05) is 31.1 Å². The summed E-state index contributed by atoms with van der Waals surface area (Å²) in [6.45, 7) is 8.84. The second-order valence-corrected chi connectivity index (χ2v) is 7.69. The van der Waals surface area contributed by atoms with Crippen LogP contribution >= 0.6 is 0 Å². The maximum atomic E-state index is 12.6. The second kappa shape index (κ2) is 6.42. The van der Waals surface area contributed by atoms with Crippen LogP contribution in [0, 0.1) is 11.8 Å². The number of hydrogen-bond acceptors (Lipinski definition) is 4. The van der Waals surface area contributed by atoms with Gasteiger partial charge < -0.3 is 15.1 Å². The van der Waals surface area contributed by atoms with E-state index in [-0.39, 0.29) is 29.2 Å². The van der Waals surface area contributed by atoms with Gasteiger partial charge in [-0.2, -0.15) is 0 Å². The molecule has 2 fully saturated rings. The van der Waals surface area contributed by atoms with Crippen LogP contribution in [0.2, 0.25) is 0 Å². The molecule has 1 aromatic rings. The van der Waals surface area contributed by atoms with Crippen molar-refractivity contribution in [1.29, 1.82) is 0 Å². The maximum Gasteiger partial charge on any atom is 0.226 e. The Morgan fingerprint density at radius 3 is 2.42 bits per heavy atom. The average molecular weight is 330 g/mol. The SMILES string of the molecule is CC(C)(C)NC(=O)C1CC1C(=O)N1CCN(c2ccccn2)CC1. The number of rotatable bonds is 3. The van der Waals surface area contributed by atoms with E-state index in [9.17, 15) is 9.59 Å². The largest absolute Gasteiger partial charge is 0.353 e. The van der Waals surface area contributed by atoms with Crippen LogP contribution in [0.25, 0.3) is 0 Å². The van der Waals surface area contributed by atoms with Gasteiger partial charge >= 0.3 is 0 Å². The lowest BCUT2D eigenvalue weighted by Gasteiger charge is -2.35. The number of nitrogens with zero attached hydrogens (tertiary/aromatic N) is 3. The first kappa shape index (κ1) is 16.7. The van der Waals surface area contributed by atoms with Crippen LogP contribution in [0.4, 0.5) is 5.82 Å². The molecule has 0 spiro atoms. The highest BCUT2D eigenvalue weighted by molar-refractivity contribution is 5.92. The van der Waals surface area contributed by atoms with E-state index >= 15 is 0 Å². The number of hydrogen-bond donors (Lipinski definition) is 1.